The molecule has 0 aromatic carbocycles. The molecule has 0 bridgehead atoms. The van der Waals surface area contributed by atoms with E-state index >= 15 is 0 Å². The molecule has 0 amide bonds. The topological polar surface area (TPSA) is 29.9 Å². The lowest BCUT2D eigenvalue weighted by Crippen LogP contribution is -2.29. The lowest BCUT2D eigenvalue weighted by atomic mass is 9.80. The minimum absolute atomic E-state index is 0.675. The van der Waals surface area contributed by atoms with Crippen LogP contribution in [0.4, 0.5) is 0 Å². The first kappa shape index (κ1) is 12.9. The molecular formula is C17H27N3. The molecule has 0 saturated heterocycles. The van der Waals surface area contributed by atoms with Crippen molar-refractivity contribution in [1.82, 2.24) is 14.9 Å². The Morgan fingerprint density at radius 1 is 1.15 bits per heavy atom. The standard InChI is InChI=1S/C17H27N3/c1-12(13-7-4-8-13)20-16-9-10-18-11-15(16)19-17(20)14-5-2-3-6-14/h12-14,18H,2-11H2,1H3. The average molecular weight is 273 g/mol. The van der Waals surface area contributed by atoms with Crippen LogP contribution in [-0.2, 0) is 13.0 Å². The highest BCUT2D eigenvalue weighted by Gasteiger charge is 2.33. The summed E-state index contributed by atoms with van der Waals surface area (Å²) in [5.41, 5.74) is 2.91. The van der Waals surface area contributed by atoms with Gasteiger partial charge in [0, 0.05) is 37.2 Å². The van der Waals surface area contributed by atoms with Gasteiger partial charge in [-0.3, -0.25) is 0 Å². The van der Waals surface area contributed by atoms with Crippen molar-refractivity contribution in [3.8, 4) is 0 Å². The summed E-state index contributed by atoms with van der Waals surface area (Å²) in [5, 5.41) is 3.49. The van der Waals surface area contributed by atoms with Crippen LogP contribution in [0.2, 0.25) is 0 Å². The number of fused-ring (bicyclic) bond motifs is 1. The molecular weight excluding hydrogens is 246 g/mol. The number of nitrogens with zero attached hydrogens (tertiary/aromatic N) is 2. The fourth-order valence-corrected chi connectivity index (χ4v) is 4.41. The third kappa shape index (κ3) is 2.02. The Morgan fingerprint density at radius 3 is 2.65 bits per heavy atom. The molecule has 2 heterocycles. The molecule has 3 nitrogen and oxygen atoms in total. The smallest absolute Gasteiger partial charge is 0.112 e. The molecule has 2 saturated carbocycles. The SMILES string of the molecule is CC(C1CCC1)n1c(C2CCCC2)nc2c1CCNC2. The number of rotatable bonds is 3. The molecule has 2 aliphatic carbocycles. The zero-order valence-electron chi connectivity index (χ0n) is 12.7. The minimum atomic E-state index is 0.675. The van der Waals surface area contributed by atoms with Crippen LogP contribution in [0.15, 0.2) is 0 Å². The van der Waals surface area contributed by atoms with Crippen LogP contribution in [0, 0.1) is 5.92 Å². The highest BCUT2D eigenvalue weighted by molar-refractivity contribution is 5.24. The molecule has 20 heavy (non-hydrogen) atoms. The predicted octanol–water partition coefficient (Wildman–Crippen LogP) is 3.55. The van der Waals surface area contributed by atoms with Crippen LogP contribution in [0.5, 0.6) is 0 Å². The molecule has 1 aliphatic heterocycles. The molecule has 2 fully saturated rings. The Kier molecular flexibility index (Phi) is 3.33. The second-order valence-electron chi connectivity index (χ2n) is 7.07. The molecule has 1 aromatic heterocycles. The van der Waals surface area contributed by atoms with E-state index < -0.39 is 0 Å². The second kappa shape index (κ2) is 5.18. The molecule has 3 heteroatoms. The van der Waals surface area contributed by atoms with E-state index in [-0.39, 0.29) is 0 Å². The summed E-state index contributed by atoms with van der Waals surface area (Å²) in [6.45, 7) is 4.56. The molecule has 110 valence electrons. The quantitative estimate of drug-likeness (QED) is 0.912. The van der Waals surface area contributed by atoms with Gasteiger partial charge >= 0.3 is 0 Å². The Hall–Kier alpha value is -0.830. The van der Waals surface area contributed by atoms with E-state index in [2.05, 4.69) is 16.8 Å². The van der Waals surface area contributed by atoms with E-state index in [4.69, 9.17) is 4.98 Å². The van der Waals surface area contributed by atoms with Crippen molar-refractivity contribution in [2.24, 2.45) is 5.92 Å². The molecule has 1 N–H and O–H groups in total. The Balaban J connectivity index is 1.73. The lowest BCUT2D eigenvalue weighted by molar-refractivity contribution is 0.214. The van der Waals surface area contributed by atoms with Crippen LogP contribution in [0.3, 0.4) is 0 Å². The zero-order valence-corrected chi connectivity index (χ0v) is 12.7. The first-order valence-electron chi connectivity index (χ1n) is 8.65. The van der Waals surface area contributed by atoms with Gasteiger partial charge in [0.2, 0.25) is 0 Å². The maximum atomic E-state index is 5.10. The van der Waals surface area contributed by atoms with Gasteiger partial charge in [0.1, 0.15) is 5.82 Å². The molecule has 3 aliphatic rings. The summed E-state index contributed by atoms with van der Waals surface area (Å²) in [4.78, 5) is 5.10. The van der Waals surface area contributed by atoms with Crippen LogP contribution in [0.25, 0.3) is 0 Å². The van der Waals surface area contributed by atoms with Crippen LogP contribution in [-0.4, -0.2) is 16.1 Å². The third-order valence-corrected chi connectivity index (χ3v) is 5.91. The second-order valence-corrected chi connectivity index (χ2v) is 7.07. The number of aromatic nitrogens is 2. The number of hydrogen-bond acceptors (Lipinski definition) is 2. The van der Waals surface area contributed by atoms with Crippen molar-refractivity contribution in [1.29, 1.82) is 0 Å². The predicted molar refractivity (Wildman–Crippen MR) is 80.9 cm³/mol. The Morgan fingerprint density at radius 2 is 1.95 bits per heavy atom. The van der Waals surface area contributed by atoms with E-state index in [0.29, 0.717) is 6.04 Å². The van der Waals surface area contributed by atoms with Crippen LogP contribution in [0.1, 0.15) is 81.0 Å². The van der Waals surface area contributed by atoms with E-state index in [1.54, 1.807) is 5.69 Å². The average Bonchev–Trinajstić information content (AvgIpc) is 3.03. The van der Waals surface area contributed by atoms with Crippen molar-refractivity contribution >= 4 is 0 Å². The normalized spacial score (nSPS) is 25.4. The molecule has 0 spiro atoms. The van der Waals surface area contributed by atoms with Gasteiger partial charge < -0.3 is 9.88 Å². The molecule has 1 aromatic rings. The third-order valence-electron chi connectivity index (χ3n) is 5.91. The van der Waals surface area contributed by atoms with Gasteiger partial charge in [-0.05, 0) is 38.5 Å². The fourth-order valence-electron chi connectivity index (χ4n) is 4.41. The van der Waals surface area contributed by atoms with Crippen LogP contribution < -0.4 is 5.32 Å². The van der Waals surface area contributed by atoms with Crippen LogP contribution >= 0.6 is 0 Å². The largest absolute Gasteiger partial charge is 0.328 e. The number of hydrogen-bond donors (Lipinski definition) is 1. The van der Waals surface area contributed by atoms with E-state index in [1.807, 2.05) is 0 Å². The lowest BCUT2D eigenvalue weighted by Gasteiger charge is -2.35. The maximum Gasteiger partial charge on any atom is 0.112 e. The van der Waals surface area contributed by atoms with Gasteiger partial charge in [-0.15, -0.1) is 0 Å². The first-order valence-corrected chi connectivity index (χ1v) is 8.65. The Labute approximate surface area is 122 Å². The van der Waals surface area contributed by atoms with Gasteiger partial charge in [0.15, 0.2) is 0 Å². The van der Waals surface area contributed by atoms with Gasteiger partial charge in [-0.1, -0.05) is 19.3 Å². The molecule has 0 radical (unpaired) electrons. The minimum Gasteiger partial charge on any atom is -0.328 e. The van der Waals surface area contributed by atoms with Crippen molar-refractivity contribution in [2.45, 2.75) is 76.8 Å². The van der Waals surface area contributed by atoms with Crippen molar-refractivity contribution in [2.75, 3.05) is 6.54 Å². The fraction of sp³-hybridized carbons (Fsp3) is 0.824. The number of nitrogens with one attached hydrogen (secondary N) is 1. The first-order chi connectivity index (χ1) is 9.84. The summed E-state index contributed by atoms with van der Waals surface area (Å²) in [7, 11) is 0. The highest BCUT2D eigenvalue weighted by Crippen LogP contribution is 2.41. The summed E-state index contributed by atoms with van der Waals surface area (Å²) in [6.07, 6.45) is 11.0. The van der Waals surface area contributed by atoms with Crippen molar-refractivity contribution < 1.29 is 0 Å². The summed E-state index contributed by atoms with van der Waals surface area (Å²) in [6, 6.07) is 0.675. The van der Waals surface area contributed by atoms with Gasteiger partial charge in [-0.2, -0.15) is 0 Å². The van der Waals surface area contributed by atoms with Gasteiger partial charge in [0.05, 0.1) is 5.69 Å². The molecule has 4 rings (SSSR count). The van der Waals surface area contributed by atoms with Gasteiger partial charge in [0.25, 0.3) is 0 Å². The molecule has 1 unspecified atom stereocenters. The summed E-state index contributed by atoms with van der Waals surface area (Å²) in [5.74, 6) is 3.09. The summed E-state index contributed by atoms with van der Waals surface area (Å²) < 4.78 is 2.69. The van der Waals surface area contributed by atoms with Crippen molar-refractivity contribution in [3.63, 3.8) is 0 Å². The monoisotopic (exact) mass is 273 g/mol. The summed E-state index contributed by atoms with van der Waals surface area (Å²) >= 11 is 0. The van der Waals surface area contributed by atoms with E-state index in [9.17, 15) is 0 Å². The number of imidazole rings is 1. The zero-order chi connectivity index (χ0) is 13.5. The van der Waals surface area contributed by atoms with E-state index in [1.165, 1.54) is 62.9 Å². The van der Waals surface area contributed by atoms with Gasteiger partial charge in [-0.25, -0.2) is 4.98 Å². The molecule has 1 atom stereocenters. The van der Waals surface area contributed by atoms with E-state index in [0.717, 1.165) is 24.9 Å². The highest BCUT2D eigenvalue weighted by atomic mass is 15.1. The Bertz CT molecular complexity index is 481. The van der Waals surface area contributed by atoms with Crippen molar-refractivity contribution in [3.05, 3.63) is 17.2 Å². The maximum absolute atomic E-state index is 5.10.